The SMILES string of the molecule is COCCN(Cc1cc(C(C)=O)ccc1O)C1CC1. The van der Waals surface area contributed by atoms with E-state index in [1.165, 1.54) is 12.8 Å². The Morgan fingerprint density at radius 3 is 2.79 bits per heavy atom. The van der Waals surface area contributed by atoms with Gasteiger partial charge in [-0.3, -0.25) is 9.69 Å². The third kappa shape index (κ3) is 3.78. The van der Waals surface area contributed by atoms with Crippen LogP contribution in [0.15, 0.2) is 18.2 Å². The molecule has 1 saturated carbocycles. The molecule has 104 valence electrons. The van der Waals surface area contributed by atoms with Crippen LogP contribution in [0.3, 0.4) is 0 Å². The van der Waals surface area contributed by atoms with Crippen LogP contribution in [-0.4, -0.2) is 42.1 Å². The summed E-state index contributed by atoms with van der Waals surface area (Å²) < 4.78 is 5.12. The van der Waals surface area contributed by atoms with E-state index in [0.29, 0.717) is 24.8 Å². The standard InChI is InChI=1S/C15H21NO3/c1-11(17)12-3-6-15(18)13(9-12)10-16(7-8-19-2)14-4-5-14/h3,6,9,14,18H,4-5,7-8,10H2,1-2H3. The largest absolute Gasteiger partial charge is 0.508 e. The first kappa shape index (κ1) is 14.0. The normalized spacial score (nSPS) is 14.9. The second-order valence-corrected chi connectivity index (χ2v) is 5.09. The van der Waals surface area contributed by atoms with E-state index in [1.54, 1.807) is 32.2 Å². The predicted octanol–water partition coefficient (Wildman–Crippen LogP) is 2.21. The first-order valence-corrected chi connectivity index (χ1v) is 6.67. The average Bonchev–Trinajstić information content (AvgIpc) is 3.20. The molecule has 4 heteroatoms. The van der Waals surface area contributed by atoms with Crippen molar-refractivity contribution in [3.05, 3.63) is 29.3 Å². The van der Waals surface area contributed by atoms with Gasteiger partial charge in [-0.15, -0.1) is 0 Å². The number of Topliss-reactive ketones (excluding diaryl/α,β-unsaturated/α-hetero) is 1. The van der Waals surface area contributed by atoms with E-state index < -0.39 is 0 Å². The molecule has 0 spiro atoms. The van der Waals surface area contributed by atoms with Crippen molar-refractivity contribution in [1.29, 1.82) is 0 Å². The lowest BCUT2D eigenvalue weighted by atomic mass is 10.1. The molecule has 1 N–H and O–H groups in total. The van der Waals surface area contributed by atoms with Crippen LogP contribution in [0.5, 0.6) is 5.75 Å². The Morgan fingerprint density at radius 1 is 1.47 bits per heavy atom. The lowest BCUT2D eigenvalue weighted by molar-refractivity contribution is 0.101. The quantitative estimate of drug-likeness (QED) is 0.766. The highest BCUT2D eigenvalue weighted by Gasteiger charge is 2.29. The zero-order valence-corrected chi connectivity index (χ0v) is 11.6. The van der Waals surface area contributed by atoms with Crippen molar-refractivity contribution in [3.63, 3.8) is 0 Å². The van der Waals surface area contributed by atoms with Crippen LogP contribution < -0.4 is 0 Å². The number of nitrogens with zero attached hydrogens (tertiary/aromatic N) is 1. The molecule has 1 aliphatic carbocycles. The number of rotatable bonds is 7. The highest BCUT2D eigenvalue weighted by molar-refractivity contribution is 5.94. The zero-order chi connectivity index (χ0) is 13.8. The van der Waals surface area contributed by atoms with Crippen molar-refractivity contribution in [2.45, 2.75) is 32.4 Å². The predicted molar refractivity (Wildman–Crippen MR) is 73.4 cm³/mol. The summed E-state index contributed by atoms with van der Waals surface area (Å²) in [4.78, 5) is 13.7. The minimum absolute atomic E-state index is 0.0242. The lowest BCUT2D eigenvalue weighted by Gasteiger charge is -2.22. The Labute approximate surface area is 114 Å². The third-order valence-electron chi connectivity index (χ3n) is 3.51. The van der Waals surface area contributed by atoms with Crippen LogP contribution in [0, 0.1) is 0 Å². The Balaban J connectivity index is 2.11. The maximum Gasteiger partial charge on any atom is 0.159 e. The molecule has 0 atom stereocenters. The molecule has 1 aromatic rings. The molecule has 1 fully saturated rings. The number of methoxy groups -OCH3 is 1. The molecule has 0 bridgehead atoms. The molecule has 0 aliphatic heterocycles. The van der Waals surface area contributed by atoms with Gasteiger partial charge >= 0.3 is 0 Å². The third-order valence-corrected chi connectivity index (χ3v) is 3.51. The van der Waals surface area contributed by atoms with Crippen LogP contribution in [0.4, 0.5) is 0 Å². The molecule has 0 radical (unpaired) electrons. The summed E-state index contributed by atoms with van der Waals surface area (Å²) in [6.45, 7) is 3.75. The van der Waals surface area contributed by atoms with Crippen LogP contribution in [-0.2, 0) is 11.3 Å². The number of phenolic OH excluding ortho intramolecular Hbond substituents is 1. The smallest absolute Gasteiger partial charge is 0.159 e. The fraction of sp³-hybridized carbons (Fsp3) is 0.533. The number of hydrogen-bond acceptors (Lipinski definition) is 4. The Kier molecular flexibility index (Phi) is 4.56. The van der Waals surface area contributed by atoms with Gasteiger partial charge < -0.3 is 9.84 Å². The van der Waals surface area contributed by atoms with E-state index in [4.69, 9.17) is 4.74 Å². The number of aromatic hydroxyl groups is 1. The maximum absolute atomic E-state index is 11.4. The number of carbonyl (C=O) groups excluding carboxylic acids is 1. The van der Waals surface area contributed by atoms with Gasteiger partial charge in [-0.2, -0.15) is 0 Å². The van der Waals surface area contributed by atoms with E-state index in [2.05, 4.69) is 4.90 Å². The van der Waals surface area contributed by atoms with Gasteiger partial charge in [-0.25, -0.2) is 0 Å². The molecule has 0 amide bonds. The molecular weight excluding hydrogens is 242 g/mol. The number of benzene rings is 1. The molecular formula is C15H21NO3. The highest BCUT2D eigenvalue weighted by Crippen LogP contribution is 2.30. The van der Waals surface area contributed by atoms with E-state index in [-0.39, 0.29) is 11.5 Å². The molecule has 1 aliphatic rings. The van der Waals surface area contributed by atoms with Gasteiger partial charge in [-0.05, 0) is 38.0 Å². The van der Waals surface area contributed by atoms with Gasteiger partial charge in [0.25, 0.3) is 0 Å². The molecule has 0 aromatic heterocycles. The topological polar surface area (TPSA) is 49.8 Å². The number of ketones is 1. The van der Waals surface area contributed by atoms with Gasteiger partial charge in [0, 0.05) is 37.4 Å². The molecule has 1 aromatic carbocycles. The second-order valence-electron chi connectivity index (χ2n) is 5.09. The molecule has 4 nitrogen and oxygen atoms in total. The monoisotopic (exact) mass is 263 g/mol. The van der Waals surface area contributed by atoms with E-state index >= 15 is 0 Å². The highest BCUT2D eigenvalue weighted by atomic mass is 16.5. The molecule has 2 rings (SSSR count). The van der Waals surface area contributed by atoms with Crippen LogP contribution >= 0.6 is 0 Å². The second kappa shape index (κ2) is 6.17. The molecule has 0 heterocycles. The Hall–Kier alpha value is -1.39. The van der Waals surface area contributed by atoms with Crippen molar-refractivity contribution in [1.82, 2.24) is 4.90 Å². The van der Waals surface area contributed by atoms with E-state index in [0.717, 1.165) is 12.1 Å². The summed E-state index contributed by atoms with van der Waals surface area (Å²) >= 11 is 0. The van der Waals surface area contributed by atoms with Crippen molar-refractivity contribution in [3.8, 4) is 5.75 Å². The zero-order valence-electron chi connectivity index (χ0n) is 11.6. The minimum atomic E-state index is 0.0242. The van der Waals surface area contributed by atoms with Gasteiger partial charge in [-0.1, -0.05) is 0 Å². The number of ether oxygens (including phenoxy) is 1. The van der Waals surface area contributed by atoms with Crippen molar-refractivity contribution in [2.24, 2.45) is 0 Å². The maximum atomic E-state index is 11.4. The Morgan fingerprint density at radius 2 is 2.21 bits per heavy atom. The lowest BCUT2D eigenvalue weighted by Crippen LogP contribution is -2.29. The fourth-order valence-electron chi connectivity index (χ4n) is 2.19. The molecule has 0 saturated heterocycles. The fourth-order valence-corrected chi connectivity index (χ4v) is 2.19. The molecule has 0 unspecified atom stereocenters. The van der Waals surface area contributed by atoms with Crippen molar-refractivity contribution < 1.29 is 14.6 Å². The summed E-state index contributed by atoms with van der Waals surface area (Å²) in [6, 6.07) is 5.65. The van der Waals surface area contributed by atoms with Crippen molar-refractivity contribution in [2.75, 3.05) is 20.3 Å². The summed E-state index contributed by atoms with van der Waals surface area (Å²) in [5, 5.41) is 9.92. The van der Waals surface area contributed by atoms with E-state index in [9.17, 15) is 9.90 Å². The summed E-state index contributed by atoms with van der Waals surface area (Å²) in [5.74, 6) is 0.282. The first-order chi connectivity index (χ1) is 9.11. The van der Waals surface area contributed by atoms with Crippen molar-refractivity contribution >= 4 is 5.78 Å². The van der Waals surface area contributed by atoms with Crippen LogP contribution in [0.25, 0.3) is 0 Å². The van der Waals surface area contributed by atoms with Crippen LogP contribution in [0.1, 0.15) is 35.7 Å². The number of carbonyl (C=O) groups is 1. The number of phenols is 1. The first-order valence-electron chi connectivity index (χ1n) is 6.67. The average molecular weight is 263 g/mol. The summed E-state index contributed by atoms with van der Waals surface area (Å²) in [6.07, 6.45) is 2.41. The number of hydrogen-bond donors (Lipinski definition) is 1. The molecule has 19 heavy (non-hydrogen) atoms. The Bertz CT molecular complexity index is 455. The van der Waals surface area contributed by atoms with Gasteiger partial charge in [0.15, 0.2) is 5.78 Å². The van der Waals surface area contributed by atoms with Gasteiger partial charge in [0.2, 0.25) is 0 Å². The summed E-state index contributed by atoms with van der Waals surface area (Å²) in [5.41, 5.74) is 1.46. The van der Waals surface area contributed by atoms with E-state index in [1.807, 2.05) is 0 Å². The van der Waals surface area contributed by atoms with Crippen LogP contribution in [0.2, 0.25) is 0 Å². The van der Waals surface area contributed by atoms with Gasteiger partial charge in [0.1, 0.15) is 5.75 Å². The summed E-state index contributed by atoms with van der Waals surface area (Å²) in [7, 11) is 1.69. The van der Waals surface area contributed by atoms with Gasteiger partial charge in [0.05, 0.1) is 6.61 Å². The minimum Gasteiger partial charge on any atom is -0.508 e.